The van der Waals surface area contributed by atoms with Gasteiger partial charge in [-0.3, -0.25) is 4.79 Å². The third kappa shape index (κ3) is 3.25. The molecule has 0 N–H and O–H groups in total. The van der Waals surface area contributed by atoms with Gasteiger partial charge in [-0.05, 0) is 46.2 Å². The van der Waals surface area contributed by atoms with Gasteiger partial charge in [0.15, 0.2) is 0 Å². The number of hydrogen-bond donors (Lipinski definition) is 0. The van der Waals surface area contributed by atoms with Crippen LogP contribution in [0.3, 0.4) is 0 Å². The Hall–Kier alpha value is -5.67. The molecule has 3 heteroatoms. The lowest BCUT2D eigenvalue weighted by atomic mass is 10.0. The Morgan fingerprint density at radius 1 is 0.429 bits per heavy atom. The summed E-state index contributed by atoms with van der Waals surface area (Å²) in [5.41, 5.74) is 6.49. The van der Waals surface area contributed by atoms with Crippen molar-refractivity contribution in [2.24, 2.45) is 0 Å². The maximum atomic E-state index is 13.6. The molecule has 42 heavy (non-hydrogen) atoms. The van der Waals surface area contributed by atoms with Crippen molar-refractivity contribution in [3.63, 3.8) is 0 Å². The minimum atomic E-state index is -0.0180. The summed E-state index contributed by atoms with van der Waals surface area (Å²) >= 11 is 0. The van der Waals surface area contributed by atoms with E-state index >= 15 is 0 Å². The number of hydrogen-bond acceptors (Lipinski definition) is 2. The van der Waals surface area contributed by atoms with Gasteiger partial charge in [0.2, 0.25) is 5.43 Å². The van der Waals surface area contributed by atoms with E-state index in [1.54, 1.807) is 0 Å². The van der Waals surface area contributed by atoms with E-state index in [0.717, 1.165) is 27.8 Å². The summed E-state index contributed by atoms with van der Waals surface area (Å²) in [5.74, 6) is 0. The topological polar surface area (TPSA) is 35.1 Å². The average molecular weight is 538 g/mol. The van der Waals surface area contributed by atoms with Crippen LogP contribution in [0.5, 0.6) is 0 Å². The Morgan fingerprint density at radius 2 is 0.976 bits per heavy atom. The van der Waals surface area contributed by atoms with E-state index in [9.17, 15) is 4.79 Å². The molecule has 9 rings (SSSR count). The summed E-state index contributed by atoms with van der Waals surface area (Å²) in [7, 11) is 0. The third-order valence-electron chi connectivity index (χ3n) is 8.56. The smallest absolute Gasteiger partial charge is 0.200 e. The highest BCUT2D eigenvalue weighted by atomic mass is 16.3. The van der Waals surface area contributed by atoms with E-state index in [4.69, 9.17) is 4.42 Å². The predicted molar refractivity (Wildman–Crippen MR) is 175 cm³/mol. The van der Waals surface area contributed by atoms with Crippen LogP contribution < -0.4 is 5.43 Å². The average Bonchev–Trinajstić information content (AvgIpc) is 3.40. The number of nitrogens with zero attached hydrogens (tertiary/aromatic N) is 1. The van der Waals surface area contributed by atoms with Gasteiger partial charge >= 0.3 is 0 Å². The van der Waals surface area contributed by atoms with Gasteiger partial charge in [0, 0.05) is 33.3 Å². The molecule has 0 fully saturated rings. The monoisotopic (exact) mass is 537 g/mol. The molecule has 0 aliphatic heterocycles. The van der Waals surface area contributed by atoms with Crippen molar-refractivity contribution in [1.82, 2.24) is 4.57 Å². The summed E-state index contributed by atoms with van der Waals surface area (Å²) in [6.07, 6.45) is 0. The first-order valence-corrected chi connectivity index (χ1v) is 14.1. The van der Waals surface area contributed by atoms with E-state index in [1.807, 2.05) is 54.6 Å². The molecule has 2 heterocycles. The zero-order valence-electron chi connectivity index (χ0n) is 22.5. The molecule has 0 saturated carbocycles. The first-order chi connectivity index (χ1) is 20.7. The number of fused-ring (bicyclic) bond motifs is 9. The molecule has 9 aromatic rings. The number of benzene rings is 7. The second-order valence-electron chi connectivity index (χ2n) is 10.9. The van der Waals surface area contributed by atoms with Crippen molar-refractivity contribution >= 4 is 65.3 Å². The maximum Gasteiger partial charge on any atom is 0.200 e. The molecule has 0 spiro atoms. The molecule has 0 aliphatic rings. The van der Waals surface area contributed by atoms with Gasteiger partial charge in [-0.2, -0.15) is 0 Å². The van der Waals surface area contributed by atoms with Gasteiger partial charge in [0.05, 0.1) is 21.8 Å². The third-order valence-corrected chi connectivity index (χ3v) is 8.56. The van der Waals surface area contributed by atoms with E-state index in [2.05, 4.69) is 89.5 Å². The molecular formula is C39H23NO2. The molecule has 7 aromatic carbocycles. The van der Waals surface area contributed by atoms with Gasteiger partial charge in [-0.15, -0.1) is 0 Å². The zero-order chi connectivity index (χ0) is 27.8. The van der Waals surface area contributed by atoms with Gasteiger partial charge < -0.3 is 8.98 Å². The molecule has 0 radical (unpaired) electrons. The van der Waals surface area contributed by atoms with Crippen LogP contribution in [0, 0.1) is 0 Å². The van der Waals surface area contributed by atoms with E-state index < -0.39 is 0 Å². The zero-order valence-corrected chi connectivity index (χ0v) is 22.5. The van der Waals surface area contributed by atoms with Crippen LogP contribution in [0.15, 0.2) is 149 Å². The first kappa shape index (κ1) is 23.1. The minimum Gasteiger partial charge on any atom is -0.456 e. The van der Waals surface area contributed by atoms with Gasteiger partial charge in [0.1, 0.15) is 11.2 Å². The predicted octanol–water partition coefficient (Wildman–Crippen LogP) is 10.0. The number of aromatic nitrogens is 1. The van der Waals surface area contributed by atoms with Crippen LogP contribution in [0.1, 0.15) is 0 Å². The minimum absolute atomic E-state index is 0.0180. The highest BCUT2D eigenvalue weighted by Gasteiger charge is 2.18. The standard InChI is InChI=1S/C39H23NO2/c41-39-33-20-16-27(24-8-2-1-3-9-24)22-35(33)42-36-23-28(17-21-34(36)39)40-37-29-12-6-4-10-25(29)14-18-31(37)32-19-15-26-11-5-7-13-30(26)38(32)40/h1-23H. The fraction of sp³-hybridized carbons (Fsp3) is 0. The Kier molecular flexibility index (Phi) is 4.76. The lowest BCUT2D eigenvalue weighted by Crippen LogP contribution is -2.03. The molecule has 0 atom stereocenters. The summed E-state index contributed by atoms with van der Waals surface area (Å²) < 4.78 is 8.86. The quantitative estimate of drug-likeness (QED) is 0.206. The van der Waals surface area contributed by atoms with E-state index in [0.29, 0.717) is 21.9 Å². The SMILES string of the molecule is O=c1c2ccc(-c3ccccc3)cc2oc2cc(-n3c4c5ccccc5ccc4c4ccc5ccccc5c43)ccc12. The number of rotatable bonds is 2. The van der Waals surface area contributed by atoms with Crippen molar-refractivity contribution in [2.45, 2.75) is 0 Å². The Labute approximate surface area is 240 Å². The molecule has 2 aromatic heterocycles. The van der Waals surface area contributed by atoms with Crippen molar-refractivity contribution in [3.8, 4) is 16.8 Å². The molecule has 0 aliphatic carbocycles. The Bertz CT molecular complexity index is 2500. The van der Waals surface area contributed by atoms with Crippen LogP contribution in [0.2, 0.25) is 0 Å². The van der Waals surface area contributed by atoms with Gasteiger partial charge in [-0.25, -0.2) is 0 Å². The van der Waals surface area contributed by atoms with Crippen molar-refractivity contribution < 1.29 is 4.42 Å². The first-order valence-electron chi connectivity index (χ1n) is 14.1. The maximum absolute atomic E-state index is 13.6. The van der Waals surface area contributed by atoms with Crippen LogP contribution in [0.25, 0.3) is 82.1 Å². The van der Waals surface area contributed by atoms with E-state index in [-0.39, 0.29) is 5.43 Å². The highest BCUT2D eigenvalue weighted by Crippen LogP contribution is 2.40. The van der Waals surface area contributed by atoms with Crippen LogP contribution in [0.4, 0.5) is 0 Å². The lowest BCUT2D eigenvalue weighted by Gasteiger charge is -2.12. The molecule has 3 nitrogen and oxygen atoms in total. The normalized spacial score (nSPS) is 11.9. The fourth-order valence-corrected chi connectivity index (χ4v) is 6.59. The van der Waals surface area contributed by atoms with Crippen LogP contribution in [-0.2, 0) is 0 Å². The molecule has 0 saturated heterocycles. The Morgan fingerprint density at radius 3 is 1.64 bits per heavy atom. The largest absolute Gasteiger partial charge is 0.456 e. The molecule has 0 unspecified atom stereocenters. The van der Waals surface area contributed by atoms with Gasteiger partial charge in [-0.1, -0.05) is 109 Å². The lowest BCUT2D eigenvalue weighted by molar-refractivity contribution is 0.660. The summed E-state index contributed by atoms with van der Waals surface area (Å²) in [6.45, 7) is 0. The van der Waals surface area contributed by atoms with E-state index in [1.165, 1.54) is 32.3 Å². The Balaban J connectivity index is 1.39. The molecule has 0 bridgehead atoms. The fourth-order valence-electron chi connectivity index (χ4n) is 6.59. The van der Waals surface area contributed by atoms with Crippen LogP contribution >= 0.6 is 0 Å². The van der Waals surface area contributed by atoms with Gasteiger partial charge in [0.25, 0.3) is 0 Å². The van der Waals surface area contributed by atoms with Crippen molar-refractivity contribution in [2.75, 3.05) is 0 Å². The second kappa shape index (κ2) is 8.66. The summed E-state index contributed by atoms with van der Waals surface area (Å²) in [4.78, 5) is 13.6. The second-order valence-corrected chi connectivity index (χ2v) is 10.9. The molecule has 196 valence electrons. The molecule has 0 amide bonds. The molecular weight excluding hydrogens is 514 g/mol. The van der Waals surface area contributed by atoms with Crippen molar-refractivity contribution in [3.05, 3.63) is 150 Å². The van der Waals surface area contributed by atoms with Crippen LogP contribution in [-0.4, -0.2) is 4.57 Å². The highest BCUT2D eigenvalue weighted by molar-refractivity contribution is 6.23. The summed E-state index contributed by atoms with van der Waals surface area (Å²) in [5, 5.41) is 8.29. The summed E-state index contributed by atoms with van der Waals surface area (Å²) in [6, 6.07) is 47.9. The van der Waals surface area contributed by atoms with Crippen molar-refractivity contribution in [1.29, 1.82) is 0 Å².